The van der Waals surface area contributed by atoms with E-state index in [0.717, 1.165) is 37.4 Å². The van der Waals surface area contributed by atoms with Crippen molar-refractivity contribution in [3.63, 3.8) is 0 Å². The first-order valence-electron chi connectivity index (χ1n) is 11.6. The highest BCUT2D eigenvalue weighted by atomic mass is 16.5. The Bertz CT molecular complexity index is 1150. The molecule has 2 heterocycles. The lowest BCUT2D eigenvalue weighted by molar-refractivity contribution is -0.133. The fourth-order valence-corrected chi connectivity index (χ4v) is 5.18. The number of carbonyl (C=O) groups is 1. The average Bonchev–Trinajstić information content (AvgIpc) is 2.87. The highest BCUT2D eigenvalue weighted by Crippen LogP contribution is 2.41. The van der Waals surface area contributed by atoms with Gasteiger partial charge in [0.15, 0.2) is 11.5 Å². The molecule has 33 heavy (non-hydrogen) atoms. The topological polar surface area (TPSA) is 42.0 Å². The maximum Gasteiger partial charge on any atom is 0.237 e. The molecule has 0 saturated carbocycles. The number of carbonyl (C=O) groups excluding carboxylic acids is 1. The van der Waals surface area contributed by atoms with Crippen LogP contribution in [0.15, 0.2) is 66.7 Å². The van der Waals surface area contributed by atoms with Gasteiger partial charge in [-0.1, -0.05) is 54.6 Å². The predicted octanol–water partition coefficient (Wildman–Crippen LogP) is 4.24. The molecule has 5 heteroatoms. The first kappa shape index (κ1) is 21.5. The van der Waals surface area contributed by atoms with Gasteiger partial charge in [0.05, 0.1) is 26.8 Å². The number of fused-ring (bicyclic) bond motifs is 2. The van der Waals surface area contributed by atoms with E-state index in [-0.39, 0.29) is 11.9 Å². The zero-order chi connectivity index (χ0) is 22.8. The van der Waals surface area contributed by atoms with Crippen LogP contribution in [0, 0.1) is 0 Å². The highest BCUT2D eigenvalue weighted by molar-refractivity contribution is 5.79. The molecule has 0 aliphatic carbocycles. The normalized spacial score (nSPS) is 17.8. The Balaban J connectivity index is 1.44. The molecule has 0 saturated heterocycles. The SMILES string of the molecule is COc1cc2c(cc1OC)C(c1ccccc1)N(CC(=O)N1CCc3ccccc3C1)CC2. The third-order valence-electron chi connectivity index (χ3n) is 6.91. The fourth-order valence-electron chi connectivity index (χ4n) is 5.18. The predicted molar refractivity (Wildman–Crippen MR) is 129 cm³/mol. The molecule has 2 aliphatic heterocycles. The summed E-state index contributed by atoms with van der Waals surface area (Å²) in [7, 11) is 3.34. The van der Waals surface area contributed by atoms with Crippen molar-refractivity contribution in [3.05, 3.63) is 94.5 Å². The second kappa shape index (κ2) is 9.28. The zero-order valence-electron chi connectivity index (χ0n) is 19.3. The summed E-state index contributed by atoms with van der Waals surface area (Å²) in [5.74, 6) is 1.66. The van der Waals surface area contributed by atoms with Crippen molar-refractivity contribution in [1.82, 2.24) is 9.80 Å². The van der Waals surface area contributed by atoms with Crippen LogP contribution in [0.1, 0.15) is 33.9 Å². The first-order chi connectivity index (χ1) is 16.2. The van der Waals surface area contributed by atoms with Crippen LogP contribution in [0.3, 0.4) is 0 Å². The summed E-state index contributed by atoms with van der Waals surface area (Å²) in [6, 6.07) is 23.1. The number of amides is 1. The van der Waals surface area contributed by atoms with Crippen molar-refractivity contribution >= 4 is 5.91 Å². The van der Waals surface area contributed by atoms with Gasteiger partial charge in [0.25, 0.3) is 0 Å². The molecule has 170 valence electrons. The molecule has 0 aromatic heterocycles. The molecule has 1 atom stereocenters. The molecule has 0 spiro atoms. The summed E-state index contributed by atoms with van der Waals surface area (Å²) in [5, 5.41) is 0. The van der Waals surface area contributed by atoms with Gasteiger partial charge in [-0.05, 0) is 52.8 Å². The molecular weight excluding hydrogens is 412 g/mol. The van der Waals surface area contributed by atoms with E-state index in [4.69, 9.17) is 9.47 Å². The number of rotatable bonds is 5. The van der Waals surface area contributed by atoms with Gasteiger partial charge in [-0.3, -0.25) is 9.69 Å². The zero-order valence-corrected chi connectivity index (χ0v) is 19.3. The van der Waals surface area contributed by atoms with E-state index < -0.39 is 0 Å². The Labute approximate surface area is 195 Å². The van der Waals surface area contributed by atoms with Gasteiger partial charge in [0.1, 0.15) is 0 Å². The molecule has 3 aromatic rings. The number of hydrogen-bond donors (Lipinski definition) is 0. The Morgan fingerprint density at radius 2 is 1.52 bits per heavy atom. The average molecular weight is 443 g/mol. The summed E-state index contributed by atoms with van der Waals surface area (Å²) in [6.07, 6.45) is 1.79. The molecule has 0 bridgehead atoms. The summed E-state index contributed by atoms with van der Waals surface area (Å²) >= 11 is 0. The number of benzene rings is 3. The van der Waals surface area contributed by atoms with E-state index in [1.54, 1.807) is 14.2 Å². The maximum absolute atomic E-state index is 13.4. The van der Waals surface area contributed by atoms with Crippen LogP contribution in [-0.4, -0.2) is 49.6 Å². The molecule has 5 rings (SSSR count). The van der Waals surface area contributed by atoms with Crippen molar-refractivity contribution in [1.29, 1.82) is 0 Å². The van der Waals surface area contributed by atoms with Crippen molar-refractivity contribution < 1.29 is 14.3 Å². The molecule has 1 unspecified atom stereocenters. The smallest absolute Gasteiger partial charge is 0.237 e. The molecule has 0 fully saturated rings. The summed E-state index contributed by atoms with van der Waals surface area (Å²) in [6.45, 7) is 2.69. The van der Waals surface area contributed by atoms with Gasteiger partial charge < -0.3 is 14.4 Å². The molecule has 3 aromatic carbocycles. The summed E-state index contributed by atoms with van der Waals surface area (Å²) in [4.78, 5) is 17.7. The highest BCUT2D eigenvalue weighted by Gasteiger charge is 2.33. The third kappa shape index (κ3) is 4.21. The lowest BCUT2D eigenvalue weighted by Crippen LogP contribution is -2.46. The van der Waals surface area contributed by atoms with Crippen LogP contribution < -0.4 is 9.47 Å². The van der Waals surface area contributed by atoms with Gasteiger partial charge in [-0.15, -0.1) is 0 Å². The van der Waals surface area contributed by atoms with Crippen LogP contribution in [0.5, 0.6) is 11.5 Å². The Kier molecular flexibility index (Phi) is 6.05. The standard InChI is InChI=1S/C28H30N2O3/c1-32-25-16-22-13-15-30(19-27(31)29-14-12-20-8-6-7-11-23(20)18-29)28(21-9-4-3-5-10-21)24(22)17-26(25)33-2/h3-11,16-17,28H,12-15,18-19H2,1-2H3. The van der Waals surface area contributed by atoms with E-state index in [1.165, 1.54) is 27.8 Å². The molecule has 0 radical (unpaired) electrons. The summed E-state index contributed by atoms with van der Waals surface area (Å²) in [5.41, 5.74) is 6.23. The van der Waals surface area contributed by atoms with Crippen LogP contribution in [0.25, 0.3) is 0 Å². The monoisotopic (exact) mass is 442 g/mol. The quantitative estimate of drug-likeness (QED) is 0.593. The van der Waals surface area contributed by atoms with Crippen molar-refractivity contribution in [2.75, 3.05) is 33.9 Å². The largest absolute Gasteiger partial charge is 0.493 e. The van der Waals surface area contributed by atoms with E-state index >= 15 is 0 Å². The minimum atomic E-state index is -0.00390. The van der Waals surface area contributed by atoms with Gasteiger partial charge in [0, 0.05) is 19.6 Å². The Morgan fingerprint density at radius 3 is 2.27 bits per heavy atom. The van der Waals surface area contributed by atoms with Gasteiger partial charge in [-0.25, -0.2) is 0 Å². The van der Waals surface area contributed by atoms with Crippen LogP contribution in [0.2, 0.25) is 0 Å². The third-order valence-corrected chi connectivity index (χ3v) is 6.91. The first-order valence-corrected chi connectivity index (χ1v) is 11.6. The van der Waals surface area contributed by atoms with Crippen LogP contribution in [-0.2, 0) is 24.2 Å². The van der Waals surface area contributed by atoms with Crippen LogP contribution >= 0.6 is 0 Å². The van der Waals surface area contributed by atoms with Gasteiger partial charge >= 0.3 is 0 Å². The van der Waals surface area contributed by atoms with Crippen molar-refractivity contribution in [2.24, 2.45) is 0 Å². The van der Waals surface area contributed by atoms with E-state index in [0.29, 0.717) is 13.1 Å². The summed E-state index contributed by atoms with van der Waals surface area (Å²) < 4.78 is 11.2. The fraction of sp³-hybridized carbons (Fsp3) is 0.321. The number of hydrogen-bond acceptors (Lipinski definition) is 4. The molecule has 5 nitrogen and oxygen atoms in total. The minimum Gasteiger partial charge on any atom is -0.493 e. The van der Waals surface area contributed by atoms with Crippen LogP contribution in [0.4, 0.5) is 0 Å². The van der Waals surface area contributed by atoms with E-state index in [9.17, 15) is 4.79 Å². The van der Waals surface area contributed by atoms with E-state index in [1.807, 2.05) is 11.0 Å². The lowest BCUT2D eigenvalue weighted by atomic mass is 9.87. The maximum atomic E-state index is 13.4. The number of nitrogens with zero attached hydrogens (tertiary/aromatic N) is 2. The molecule has 0 N–H and O–H groups in total. The minimum absolute atomic E-state index is 0.00390. The number of methoxy groups -OCH3 is 2. The van der Waals surface area contributed by atoms with E-state index in [2.05, 4.69) is 65.6 Å². The Hall–Kier alpha value is -3.31. The lowest BCUT2D eigenvalue weighted by Gasteiger charge is -2.39. The van der Waals surface area contributed by atoms with Crippen molar-refractivity contribution in [2.45, 2.75) is 25.4 Å². The molecule has 2 aliphatic rings. The molecular formula is C28H30N2O3. The van der Waals surface area contributed by atoms with Gasteiger partial charge in [-0.2, -0.15) is 0 Å². The second-order valence-electron chi connectivity index (χ2n) is 8.77. The second-order valence-corrected chi connectivity index (χ2v) is 8.77. The van der Waals surface area contributed by atoms with Gasteiger partial charge in [0.2, 0.25) is 5.91 Å². The Morgan fingerprint density at radius 1 is 0.848 bits per heavy atom. The molecule has 1 amide bonds. The van der Waals surface area contributed by atoms with Crippen molar-refractivity contribution in [3.8, 4) is 11.5 Å². The number of ether oxygens (including phenoxy) is 2.